The van der Waals surface area contributed by atoms with Crippen molar-refractivity contribution in [3.8, 4) is 5.75 Å². The van der Waals surface area contributed by atoms with Crippen LogP contribution in [0.25, 0.3) is 0 Å². The molecule has 1 aromatic carbocycles. The zero-order valence-electron chi connectivity index (χ0n) is 10.2. The van der Waals surface area contributed by atoms with Gasteiger partial charge in [0.05, 0.1) is 11.0 Å². The lowest BCUT2D eigenvalue weighted by molar-refractivity contribution is -0.385. The molecule has 1 heterocycles. The first-order chi connectivity index (χ1) is 9.06. The molecular formula is C13H11ClN2O3. The van der Waals surface area contributed by atoms with E-state index in [2.05, 4.69) is 4.98 Å². The predicted octanol–water partition coefficient (Wildman–Crippen LogP) is 3.53. The molecule has 2 rings (SSSR count). The molecule has 5 nitrogen and oxygen atoms in total. The Kier molecular flexibility index (Phi) is 3.97. The Labute approximate surface area is 115 Å². The minimum Gasteiger partial charge on any atom is -0.489 e. The molecule has 0 atom stereocenters. The molecule has 2 aromatic rings. The predicted molar refractivity (Wildman–Crippen MR) is 71.4 cm³/mol. The topological polar surface area (TPSA) is 65.3 Å². The Balaban J connectivity index is 2.12. The number of halogens is 1. The minimum atomic E-state index is -0.425. The molecule has 0 aliphatic rings. The van der Waals surface area contributed by atoms with Gasteiger partial charge in [-0.3, -0.25) is 10.1 Å². The van der Waals surface area contributed by atoms with Crippen LogP contribution < -0.4 is 4.74 Å². The number of aryl methyl sites for hydroxylation is 1. The zero-order chi connectivity index (χ0) is 13.8. The molecule has 0 saturated heterocycles. The summed E-state index contributed by atoms with van der Waals surface area (Å²) in [5.74, 6) is 0.449. The monoisotopic (exact) mass is 278 g/mol. The van der Waals surface area contributed by atoms with Gasteiger partial charge in [0.15, 0.2) is 0 Å². The summed E-state index contributed by atoms with van der Waals surface area (Å²) in [4.78, 5) is 14.3. The van der Waals surface area contributed by atoms with Crippen molar-refractivity contribution in [1.29, 1.82) is 0 Å². The highest BCUT2D eigenvalue weighted by atomic mass is 35.5. The molecule has 0 radical (unpaired) electrons. The van der Waals surface area contributed by atoms with E-state index in [1.807, 2.05) is 0 Å². The average molecular weight is 279 g/mol. The van der Waals surface area contributed by atoms with Crippen molar-refractivity contribution in [3.63, 3.8) is 0 Å². The van der Waals surface area contributed by atoms with E-state index in [4.69, 9.17) is 16.3 Å². The second-order valence-electron chi connectivity index (χ2n) is 3.98. The number of nitro benzene ring substituents is 1. The van der Waals surface area contributed by atoms with Crippen LogP contribution in [0.3, 0.4) is 0 Å². The van der Waals surface area contributed by atoms with E-state index >= 15 is 0 Å². The molecule has 1 aromatic heterocycles. The van der Waals surface area contributed by atoms with E-state index in [-0.39, 0.29) is 12.3 Å². The number of pyridine rings is 1. The van der Waals surface area contributed by atoms with E-state index in [0.29, 0.717) is 16.5 Å². The van der Waals surface area contributed by atoms with Crippen molar-refractivity contribution < 1.29 is 9.66 Å². The van der Waals surface area contributed by atoms with Gasteiger partial charge in [0.25, 0.3) is 5.69 Å². The number of nitro groups is 1. The van der Waals surface area contributed by atoms with Crippen LogP contribution in [0.2, 0.25) is 5.15 Å². The van der Waals surface area contributed by atoms with Gasteiger partial charge in [-0.15, -0.1) is 0 Å². The molecule has 0 amide bonds. The van der Waals surface area contributed by atoms with Crippen LogP contribution in [0.4, 0.5) is 5.69 Å². The van der Waals surface area contributed by atoms with Crippen molar-refractivity contribution >= 4 is 17.3 Å². The van der Waals surface area contributed by atoms with Gasteiger partial charge in [-0.1, -0.05) is 11.6 Å². The van der Waals surface area contributed by atoms with Crippen molar-refractivity contribution in [2.24, 2.45) is 0 Å². The highest BCUT2D eigenvalue weighted by Gasteiger charge is 2.11. The zero-order valence-corrected chi connectivity index (χ0v) is 10.9. The standard InChI is InChI=1S/C13H11ClN2O3/c1-9-2-3-11(7-12(9)16(17)18)19-8-10-4-5-15-13(14)6-10/h2-7H,8H2,1H3. The number of rotatable bonds is 4. The van der Waals surface area contributed by atoms with E-state index in [9.17, 15) is 10.1 Å². The lowest BCUT2D eigenvalue weighted by atomic mass is 10.2. The lowest BCUT2D eigenvalue weighted by Crippen LogP contribution is -1.98. The first-order valence-electron chi connectivity index (χ1n) is 5.54. The Morgan fingerprint density at radius 2 is 2.16 bits per heavy atom. The van der Waals surface area contributed by atoms with Gasteiger partial charge in [0.1, 0.15) is 17.5 Å². The number of ether oxygens (including phenoxy) is 1. The molecular weight excluding hydrogens is 268 g/mol. The van der Waals surface area contributed by atoms with Crippen molar-refractivity contribution in [1.82, 2.24) is 4.98 Å². The number of aromatic nitrogens is 1. The SMILES string of the molecule is Cc1ccc(OCc2ccnc(Cl)c2)cc1[N+](=O)[O-]. The van der Waals surface area contributed by atoms with Gasteiger partial charge in [-0.25, -0.2) is 4.98 Å². The number of benzene rings is 1. The first-order valence-corrected chi connectivity index (χ1v) is 5.92. The van der Waals surface area contributed by atoms with Gasteiger partial charge < -0.3 is 4.74 Å². The van der Waals surface area contributed by atoms with Gasteiger partial charge in [-0.05, 0) is 36.8 Å². The third kappa shape index (κ3) is 3.42. The van der Waals surface area contributed by atoms with Crippen LogP contribution in [0.5, 0.6) is 5.75 Å². The maximum absolute atomic E-state index is 10.8. The largest absolute Gasteiger partial charge is 0.489 e. The van der Waals surface area contributed by atoms with Crippen LogP contribution in [-0.2, 0) is 6.61 Å². The van der Waals surface area contributed by atoms with Crippen molar-refractivity contribution in [2.75, 3.05) is 0 Å². The molecule has 19 heavy (non-hydrogen) atoms. The summed E-state index contributed by atoms with van der Waals surface area (Å²) >= 11 is 5.76. The van der Waals surface area contributed by atoms with Crippen LogP contribution in [0.1, 0.15) is 11.1 Å². The summed E-state index contributed by atoms with van der Waals surface area (Å²) < 4.78 is 5.50. The molecule has 98 valence electrons. The first kappa shape index (κ1) is 13.3. The molecule has 0 aliphatic heterocycles. The molecule has 6 heteroatoms. The second kappa shape index (κ2) is 5.67. The van der Waals surface area contributed by atoms with Gasteiger partial charge in [-0.2, -0.15) is 0 Å². The fourth-order valence-electron chi connectivity index (χ4n) is 1.57. The normalized spacial score (nSPS) is 10.2. The summed E-state index contributed by atoms with van der Waals surface area (Å²) in [6.45, 7) is 1.97. The summed E-state index contributed by atoms with van der Waals surface area (Å²) in [5, 5.41) is 11.2. The van der Waals surface area contributed by atoms with Crippen molar-refractivity contribution in [3.05, 3.63) is 62.9 Å². The molecule has 0 fully saturated rings. The number of nitrogens with zero attached hydrogens (tertiary/aromatic N) is 2. The van der Waals surface area contributed by atoms with E-state index in [1.54, 1.807) is 37.4 Å². The van der Waals surface area contributed by atoms with E-state index < -0.39 is 4.92 Å². The molecule has 0 N–H and O–H groups in total. The minimum absolute atomic E-state index is 0.0465. The third-order valence-electron chi connectivity index (χ3n) is 2.57. The van der Waals surface area contributed by atoms with Crippen molar-refractivity contribution in [2.45, 2.75) is 13.5 Å². The van der Waals surface area contributed by atoms with Crippen LogP contribution in [0, 0.1) is 17.0 Å². The van der Waals surface area contributed by atoms with Gasteiger partial charge >= 0.3 is 0 Å². The lowest BCUT2D eigenvalue weighted by Gasteiger charge is -2.07. The highest BCUT2D eigenvalue weighted by Crippen LogP contribution is 2.24. The quantitative estimate of drug-likeness (QED) is 0.487. The summed E-state index contributed by atoms with van der Waals surface area (Å²) in [5.41, 5.74) is 1.50. The second-order valence-corrected chi connectivity index (χ2v) is 4.37. The van der Waals surface area contributed by atoms with E-state index in [0.717, 1.165) is 5.56 Å². The number of hydrogen-bond donors (Lipinski definition) is 0. The molecule has 0 aliphatic carbocycles. The Bertz CT molecular complexity index is 617. The maximum Gasteiger partial charge on any atom is 0.276 e. The highest BCUT2D eigenvalue weighted by molar-refractivity contribution is 6.29. The number of hydrogen-bond acceptors (Lipinski definition) is 4. The maximum atomic E-state index is 10.8. The molecule has 0 unspecified atom stereocenters. The average Bonchev–Trinajstić information content (AvgIpc) is 2.37. The summed E-state index contributed by atoms with van der Waals surface area (Å²) in [6.07, 6.45) is 1.58. The fourth-order valence-corrected chi connectivity index (χ4v) is 1.77. The van der Waals surface area contributed by atoms with E-state index in [1.165, 1.54) is 6.07 Å². The van der Waals surface area contributed by atoms with Gasteiger partial charge in [0.2, 0.25) is 0 Å². The third-order valence-corrected chi connectivity index (χ3v) is 2.78. The molecule has 0 saturated carbocycles. The van der Waals surface area contributed by atoms with Gasteiger partial charge in [0, 0.05) is 11.8 Å². The Hall–Kier alpha value is -2.14. The Morgan fingerprint density at radius 3 is 2.84 bits per heavy atom. The molecule has 0 bridgehead atoms. The summed E-state index contributed by atoms with van der Waals surface area (Å²) in [7, 11) is 0. The van der Waals surface area contributed by atoms with Crippen LogP contribution in [-0.4, -0.2) is 9.91 Å². The molecule has 0 spiro atoms. The smallest absolute Gasteiger partial charge is 0.276 e. The summed E-state index contributed by atoms with van der Waals surface area (Å²) in [6, 6.07) is 8.23. The van der Waals surface area contributed by atoms with Crippen LogP contribution >= 0.6 is 11.6 Å². The van der Waals surface area contributed by atoms with Crippen LogP contribution in [0.15, 0.2) is 36.5 Å². The Morgan fingerprint density at radius 1 is 1.37 bits per heavy atom. The fraction of sp³-hybridized carbons (Fsp3) is 0.154.